The molecule has 0 amide bonds. The molecule has 0 spiro atoms. The van der Waals surface area contributed by atoms with E-state index in [4.69, 9.17) is 0 Å². The lowest BCUT2D eigenvalue weighted by atomic mass is 10.1. The fourth-order valence-corrected chi connectivity index (χ4v) is 1.83. The average Bonchev–Trinajstić information content (AvgIpc) is 2.28. The molecule has 0 saturated heterocycles. The summed E-state index contributed by atoms with van der Waals surface area (Å²) < 4.78 is 38.3. The third-order valence-corrected chi connectivity index (χ3v) is 2.73. The number of hydrogen-bond donors (Lipinski definition) is 1. The third-order valence-electron chi connectivity index (χ3n) is 2.73. The van der Waals surface area contributed by atoms with Crippen molar-refractivity contribution in [2.45, 2.75) is 19.1 Å². The van der Waals surface area contributed by atoms with Gasteiger partial charge >= 0.3 is 6.18 Å². The van der Waals surface area contributed by atoms with Crippen LogP contribution in [0.2, 0.25) is 0 Å². The first-order valence-corrected chi connectivity index (χ1v) is 5.93. The lowest BCUT2D eigenvalue weighted by molar-refractivity contribution is -0.138. The Balaban J connectivity index is 2.66. The van der Waals surface area contributed by atoms with Crippen LogP contribution in [0.3, 0.4) is 0 Å². The van der Waals surface area contributed by atoms with Crippen LogP contribution in [0.5, 0.6) is 0 Å². The van der Waals surface area contributed by atoms with Gasteiger partial charge in [-0.1, -0.05) is 18.2 Å². The zero-order valence-electron chi connectivity index (χ0n) is 10.7. The summed E-state index contributed by atoms with van der Waals surface area (Å²) in [6.07, 6.45) is -3.36. The first-order valence-electron chi connectivity index (χ1n) is 5.93. The van der Waals surface area contributed by atoms with Gasteiger partial charge in [0.2, 0.25) is 0 Å². The van der Waals surface area contributed by atoms with E-state index in [-0.39, 0.29) is 0 Å². The molecule has 0 saturated carbocycles. The van der Waals surface area contributed by atoms with Crippen LogP contribution in [0.4, 0.5) is 13.2 Å². The summed E-state index contributed by atoms with van der Waals surface area (Å²) >= 11 is 0. The predicted molar refractivity (Wildman–Crippen MR) is 66.3 cm³/mol. The molecule has 5 heteroatoms. The summed E-state index contributed by atoms with van der Waals surface area (Å²) in [5, 5.41) is 3.02. The molecule has 1 N–H and O–H groups in total. The smallest absolute Gasteiger partial charge is 0.320 e. The molecular formula is C13H19F3N2. The monoisotopic (exact) mass is 260 g/mol. The van der Waals surface area contributed by atoms with Gasteiger partial charge in [0, 0.05) is 6.54 Å². The Kier molecular flexibility index (Phi) is 5.62. The molecular weight excluding hydrogens is 241 g/mol. The van der Waals surface area contributed by atoms with E-state index in [0.717, 1.165) is 25.6 Å². The van der Waals surface area contributed by atoms with E-state index in [0.29, 0.717) is 12.1 Å². The Hall–Kier alpha value is -1.07. The van der Waals surface area contributed by atoms with Crippen LogP contribution >= 0.6 is 0 Å². The molecule has 1 aromatic rings. The van der Waals surface area contributed by atoms with Crippen LogP contribution in [-0.4, -0.2) is 32.1 Å². The molecule has 0 radical (unpaired) electrons. The third kappa shape index (κ3) is 4.66. The van der Waals surface area contributed by atoms with Crippen molar-refractivity contribution < 1.29 is 13.2 Å². The first kappa shape index (κ1) is 15.0. The highest BCUT2D eigenvalue weighted by Crippen LogP contribution is 2.32. The van der Waals surface area contributed by atoms with Gasteiger partial charge in [0.15, 0.2) is 0 Å². The van der Waals surface area contributed by atoms with Crippen LogP contribution in [-0.2, 0) is 12.7 Å². The first-order chi connectivity index (χ1) is 8.45. The second-order valence-electron chi connectivity index (χ2n) is 4.35. The Labute approximate surface area is 106 Å². The summed E-state index contributed by atoms with van der Waals surface area (Å²) in [5.41, 5.74) is -0.206. The Morgan fingerprint density at radius 2 is 1.89 bits per heavy atom. The van der Waals surface area contributed by atoms with E-state index in [2.05, 4.69) is 5.32 Å². The molecule has 1 aromatic carbocycles. The zero-order chi connectivity index (χ0) is 13.6. The number of alkyl halides is 3. The number of benzene rings is 1. The van der Waals surface area contributed by atoms with Crippen LogP contribution in [0.15, 0.2) is 24.3 Å². The van der Waals surface area contributed by atoms with Gasteiger partial charge in [0.25, 0.3) is 0 Å². The number of nitrogens with one attached hydrogen (secondary N) is 1. The van der Waals surface area contributed by atoms with Crippen molar-refractivity contribution >= 4 is 0 Å². The van der Waals surface area contributed by atoms with E-state index in [1.165, 1.54) is 12.1 Å². The highest BCUT2D eigenvalue weighted by Gasteiger charge is 2.32. The maximum Gasteiger partial charge on any atom is 0.416 e. The topological polar surface area (TPSA) is 15.3 Å². The van der Waals surface area contributed by atoms with Crippen molar-refractivity contribution in [3.63, 3.8) is 0 Å². The normalized spacial score (nSPS) is 12.1. The minimum Gasteiger partial charge on any atom is -0.320 e. The molecule has 0 aromatic heterocycles. The molecule has 0 aliphatic heterocycles. The van der Waals surface area contributed by atoms with Crippen molar-refractivity contribution in [2.24, 2.45) is 0 Å². The second kappa shape index (κ2) is 6.75. The molecule has 1 rings (SSSR count). The van der Waals surface area contributed by atoms with Gasteiger partial charge in [-0.2, -0.15) is 13.2 Å². The van der Waals surface area contributed by atoms with Gasteiger partial charge in [-0.05, 0) is 45.2 Å². The van der Waals surface area contributed by atoms with E-state index >= 15 is 0 Å². The predicted octanol–water partition coefficient (Wildman–Crippen LogP) is 2.75. The van der Waals surface area contributed by atoms with E-state index in [1.54, 1.807) is 6.07 Å². The number of hydrogen-bond acceptors (Lipinski definition) is 2. The standard InChI is InChI=1S/C13H19F3N2/c1-17-8-5-9-18(2)10-11-6-3-4-7-12(11)13(14,15)16/h3-4,6-7,17H,5,8-10H2,1-2H3. The fraction of sp³-hybridized carbons (Fsp3) is 0.538. The molecule has 0 heterocycles. The van der Waals surface area contributed by atoms with Crippen molar-refractivity contribution in [1.82, 2.24) is 10.2 Å². The minimum atomic E-state index is -4.28. The van der Waals surface area contributed by atoms with Gasteiger partial charge in [0.05, 0.1) is 5.56 Å². The summed E-state index contributed by atoms with van der Waals surface area (Å²) in [6.45, 7) is 1.96. The molecule has 0 aliphatic rings. The summed E-state index contributed by atoms with van der Waals surface area (Å²) in [6, 6.07) is 5.74. The van der Waals surface area contributed by atoms with Gasteiger partial charge < -0.3 is 10.2 Å². The Bertz CT molecular complexity index is 363. The van der Waals surface area contributed by atoms with Crippen LogP contribution < -0.4 is 5.32 Å². The molecule has 0 bridgehead atoms. The van der Waals surface area contributed by atoms with Crippen LogP contribution in [0, 0.1) is 0 Å². The highest BCUT2D eigenvalue weighted by atomic mass is 19.4. The van der Waals surface area contributed by atoms with Gasteiger partial charge in [-0.25, -0.2) is 0 Å². The Morgan fingerprint density at radius 1 is 1.22 bits per heavy atom. The van der Waals surface area contributed by atoms with Crippen molar-refractivity contribution in [3.05, 3.63) is 35.4 Å². The van der Waals surface area contributed by atoms with E-state index < -0.39 is 11.7 Å². The SMILES string of the molecule is CNCCCN(C)Cc1ccccc1C(F)(F)F. The largest absolute Gasteiger partial charge is 0.416 e. The quantitative estimate of drug-likeness (QED) is 0.791. The molecule has 2 nitrogen and oxygen atoms in total. The number of halogens is 3. The summed E-state index contributed by atoms with van der Waals surface area (Å²) in [5.74, 6) is 0. The summed E-state index contributed by atoms with van der Waals surface area (Å²) in [7, 11) is 3.70. The average molecular weight is 260 g/mol. The molecule has 0 fully saturated rings. The summed E-state index contributed by atoms with van der Waals surface area (Å²) in [4.78, 5) is 1.90. The minimum absolute atomic E-state index is 0.319. The molecule has 0 unspecified atom stereocenters. The Morgan fingerprint density at radius 3 is 2.50 bits per heavy atom. The van der Waals surface area contributed by atoms with E-state index in [1.807, 2.05) is 19.0 Å². The number of nitrogens with zero attached hydrogens (tertiary/aromatic N) is 1. The van der Waals surface area contributed by atoms with Crippen molar-refractivity contribution in [2.75, 3.05) is 27.2 Å². The van der Waals surface area contributed by atoms with Gasteiger partial charge in [-0.15, -0.1) is 0 Å². The molecule has 18 heavy (non-hydrogen) atoms. The van der Waals surface area contributed by atoms with Crippen molar-refractivity contribution in [3.8, 4) is 0 Å². The van der Waals surface area contributed by atoms with Gasteiger partial charge in [0.1, 0.15) is 0 Å². The van der Waals surface area contributed by atoms with E-state index in [9.17, 15) is 13.2 Å². The lowest BCUT2D eigenvalue weighted by Gasteiger charge is -2.19. The van der Waals surface area contributed by atoms with Crippen LogP contribution in [0.1, 0.15) is 17.5 Å². The molecule has 102 valence electrons. The number of rotatable bonds is 6. The maximum atomic E-state index is 12.8. The highest BCUT2D eigenvalue weighted by molar-refractivity contribution is 5.29. The fourth-order valence-electron chi connectivity index (χ4n) is 1.83. The second-order valence-corrected chi connectivity index (χ2v) is 4.35. The van der Waals surface area contributed by atoms with Crippen molar-refractivity contribution in [1.29, 1.82) is 0 Å². The molecule has 0 atom stereocenters. The zero-order valence-corrected chi connectivity index (χ0v) is 10.7. The maximum absolute atomic E-state index is 12.8. The molecule has 0 aliphatic carbocycles. The lowest BCUT2D eigenvalue weighted by Crippen LogP contribution is -2.24. The van der Waals surface area contributed by atoms with Crippen LogP contribution in [0.25, 0.3) is 0 Å². The van der Waals surface area contributed by atoms with Gasteiger partial charge in [-0.3, -0.25) is 0 Å².